The van der Waals surface area contributed by atoms with E-state index in [4.69, 9.17) is 12.2 Å². The molecule has 1 heterocycles. The van der Waals surface area contributed by atoms with Gasteiger partial charge in [0.25, 0.3) is 5.56 Å². The lowest BCUT2D eigenvalue weighted by atomic mass is 10.1. The van der Waals surface area contributed by atoms with Gasteiger partial charge in [0.1, 0.15) is 10.2 Å². The summed E-state index contributed by atoms with van der Waals surface area (Å²) in [6.07, 6.45) is 0. The minimum atomic E-state index is -0.331. The summed E-state index contributed by atoms with van der Waals surface area (Å²) in [7, 11) is 0. The Kier molecular flexibility index (Phi) is 2.93. The number of aromatic hydroxyl groups is 1. The number of aromatic amines is 2. The molecule has 0 aliphatic heterocycles. The summed E-state index contributed by atoms with van der Waals surface area (Å²) in [5.74, 6) is 0.0828. The molecule has 0 aliphatic rings. The van der Waals surface area contributed by atoms with Crippen molar-refractivity contribution in [2.75, 3.05) is 0 Å². The van der Waals surface area contributed by atoms with Gasteiger partial charge in [0.2, 0.25) is 0 Å². The molecule has 6 heteroatoms. The third kappa shape index (κ3) is 1.94. The second-order valence-electron chi connectivity index (χ2n) is 3.11. The second-order valence-corrected chi connectivity index (χ2v) is 4.32. The van der Waals surface area contributed by atoms with Crippen LogP contribution in [0.15, 0.2) is 33.5 Å². The van der Waals surface area contributed by atoms with Crippen molar-refractivity contribution in [2.45, 2.75) is 0 Å². The van der Waals surface area contributed by atoms with Crippen LogP contribution in [-0.4, -0.2) is 15.1 Å². The maximum absolute atomic E-state index is 11.5. The number of H-pyrrole nitrogens is 2. The van der Waals surface area contributed by atoms with E-state index in [0.717, 1.165) is 0 Å². The zero-order valence-corrected chi connectivity index (χ0v) is 10.4. The molecule has 2 aromatic rings. The van der Waals surface area contributed by atoms with Gasteiger partial charge in [-0.2, -0.15) is 0 Å². The van der Waals surface area contributed by atoms with Crippen molar-refractivity contribution in [1.29, 1.82) is 0 Å². The summed E-state index contributed by atoms with van der Waals surface area (Å²) in [6, 6.07) is 6.70. The Hall–Kier alpha value is -1.40. The first-order valence-electron chi connectivity index (χ1n) is 4.40. The van der Waals surface area contributed by atoms with Gasteiger partial charge in [-0.1, -0.05) is 12.1 Å². The van der Waals surface area contributed by atoms with E-state index in [0.29, 0.717) is 15.7 Å². The van der Waals surface area contributed by atoms with Crippen LogP contribution in [0.1, 0.15) is 0 Å². The SMILES string of the molecule is O=c1[nH]c(=S)[nH]c(-c2ccccc2O)c1Br. The molecule has 0 fully saturated rings. The van der Waals surface area contributed by atoms with Crippen molar-refractivity contribution < 1.29 is 5.11 Å². The van der Waals surface area contributed by atoms with E-state index >= 15 is 0 Å². The van der Waals surface area contributed by atoms with Crippen molar-refractivity contribution in [3.63, 3.8) is 0 Å². The summed E-state index contributed by atoms with van der Waals surface area (Å²) < 4.78 is 0.522. The first-order valence-corrected chi connectivity index (χ1v) is 5.60. The van der Waals surface area contributed by atoms with Crippen LogP contribution < -0.4 is 5.56 Å². The number of halogens is 1. The zero-order valence-electron chi connectivity index (χ0n) is 7.95. The number of benzene rings is 1. The number of rotatable bonds is 1. The summed E-state index contributed by atoms with van der Waals surface area (Å²) >= 11 is 8.03. The maximum Gasteiger partial charge on any atom is 0.266 e. The fourth-order valence-corrected chi connectivity index (χ4v) is 1.95. The smallest absolute Gasteiger partial charge is 0.266 e. The molecule has 3 N–H and O–H groups in total. The van der Waals surface area contributed by atoms with Gasteiger partial charge in [-0.05, 0) is 40.3 Å². The molecule has 0 saturated heterocycles. The van der Waals surface area contributed by atoms with Crippen LogP contribution in [0.3, 0.4) is 0 Å². The number of para-hydroxylation sites is 1. The van der Waals surface area contributed by atoms with Crippen molar-refractivity contribution in [3.8, 4) is 17.0 Å². The van der Waals surface area contributed by atoms with Gasteiger partial charge in [0.15, 0.2) is 4.77 Å². The number of hydrogen-bond donors (Lipinski definition) is 3. The van der Waals surface area contributed by atoms with Crippen LogP contribution in [0.4, 0.5) is 0 Å². The van der Waals surface area contributed by atoms with Gasteiger partial charge in [-0.3, -0.25) is 9.78 Å². The Balaban J connectivity index is 2.80. The Morgan fingerprint density at radius 3 is 2.62 bits per heavy atom. The highest BCUT2D eigenvalue weighted by Gasteiger charge is 2.10. The molecule has 0 spiro atoms. The van der Waals surface area contributed by atoms with Crippen molar-refractivity contribution in [2.24, 2.45) is 0 Å². The fourth-order valence-electron chi connectivity index (χ4n) is 1.34. The molecule has 0 radical (unpaired) electrons. The monoisotopic (exact) mass is 298 g/mol. The topological polar surface area (TPSA) is 68.9 Å². The van der Waals surface area contributed by atoms with Gasteiger partial charge >= 0.3 is 0 Å². The average Bonchev–Trinajstić information content (AvgIpc) is 2.24. The quantitative estimate of drug-likeness (QED) is 0.709. The van der Waals surface area contributed by atoms with E-state index in [1.165, 1.54) is 0 Å². The lowest BCUT2D eigenvalue weighted by molar-refractivity contribution is 0.477. The normalized spacial score (nSPS) is 10.3. The third-order valence-corrected chi connectivity index (χ3v) is 3.02. The molecule has 0 amide bonds. The molecular weight excluding hydrogens is 292 g/mol. The fraction of sp³-hybridized carbons (Fsp3) is 0. The highest BCUT2D eigenvalue weighted by Crippen LogP contribution is 2.30. The molecule has 0 unspecified atom stereocenters. The minimum absolute atomic E-state index is 0.0828. The van der Waals surface area contributed by atoms with Crippen LogP contribution >= 0.6 is 28.1 Å². The van der Waals surface area contributed by atoms with Crippen LogP contribution in [0, 0.1) is 4.77 Å². The van der Waals surface area contributed by atoms with Crippen LogP contribution in [0.5, 0.6) is 5.75 Å². The standard InChI is InChI=1S/C10H7BrN2O2S/c11-7-8(12-10(16)13-9(7)15)5-3-1-2-4-6(5)14/h1-4,14H,(H2,12,13,15,16). The van der Waals surface area contributed by atoms with Crippen LogP contribution in [0.25, 0.3) is 11.3 Å². The highest BCUT2D eigenvalue weighted by molar-refractivity contribution is 9.10. The van der Waals surface area contributed by atoms with Crippen molar-refractivity contribution in [1.82, 2.24) is 9.97 Å². The van der Waals surface area contributed by atoms with Crippen LogP contribution in [0.2, 0.25) is 0 Å². The second kappa shape index (κ2) is 4.23. The number of hydrogen-bond acceptors (Lipinski definition) is 3. The van der Waals surface area contributed by atoms with Gasteiger partial charge in [0, 0.05) is 5.56 Å². The molecule has 82 valence electrons. The first-order chi connectivity index (χ1) is 7.59. The summed E-state index contributed by atoms with van der Waals surface area (Å²) in [5, 5.41) is 9.68. The van der Waals surface area contributed by atoms with E-state index < -0.39 is 0 Å². The lowest BCUT2D eigenvalue weighted by Crippen LogP contribution is -2.09. The van der Waals surface area contributed by atoms with Crippen molar-refractivity contribution >= 4 is 28.1 Å². The molecule has 1 aromatic heterocycles. The van der Waals surface area contributed by atoms with Gasteiger partial charge < -0.3 is 10.1 Å². The molecule has 16 heavy (non-hydrogen) atoms. The summed E-state index contributed by atoms with van der Waals surface area (Å²) in [5.41, 5.74) is 0.653. The molecule has 2 rings (SSSR count). The highest BCUT2D eigenvalue weighted by atomic mass is 79.9. The van der Waals surface area contributed by atoms with Crippen LogP contribution in [-0.2, 0) is 0 Å². The molecular formula is C10H7BrN2O2S. The Labute approximate surface area is 104 Å². The zero-order chi connectivity index (χ0) is 11.7. The molecule has 1 aromatic carbocycles. The molecule has 0 atom stereocenters. The largest absolute Gasteiger partial charge is 0.507 e. The third-order valence-electron chi connectivity index (χ3n) is 2.06. The predicted octanol–water partition coefficient (Wildman–Crippen LogP) is 2.57. The summed E-state index contributed by atoms with van der Waals surface area (Å²) in [6.45, 7) is 0. The Morgan fingerprint density at radius 1 is 1.25 bits per heavy atom. The minimum Gasteiger partial charge on any atom is -0.507 e. The van der Waals surface area contributed by atoms with Gasteiger partial charge in [-0.25, -0.2) is 0 Å². The number of phenols is 1. The molecule has 0 aliphatic carbocycles. The predicted molar refractivity (Wildman–Crippen MR) is 67.0 cm³/mol. The van der Waals surface area contributed by atoms with E-state index in [2.05, 4.69) is 25.9 Å². The Bertz CT molecular complexity index is 648. The van der Waals surface area contributed by atoms with Gasteiger partial charge in [0.05, 0.1) is 5.69 Å². The van der Waals surface area contributed by atoms with Gasteiger partial charge in [-0.15, -0.1) is 0 Å². The van der Waals surface area contributed by atoms with Crippen molar-refractivity contribution in [3.05, 3.63) is 43.9 Å². The molecule has 0 bridgehead atoms. The van der Waals surface area contributed by atoms with E-state index in [-0.39, 0.29) is 16.1 Å². The summed E-state index contributed by atoms with van der Waals surface area (Å²) in [4.78, 5) is 16.7. The number of nitrogens with one attached hydrogen (secondary N) is 2. The number of aromatic nitrogens is 2. The average molecular weight is 299 g/mol. The lowest BCUT2D eigenvalue weighted by Gasteiger charge is -2.05. The molecule has 4 nitrogen and oxygen atoms in total. The maximum atomic E-state index is 11.5. The van der Waals surface area contributed by atoms with E-state index in [1.807, 2.05) is 0 Å². The Morgan fingerprint density at radius 2 is 1.94 bits per heavy atom. The van der Waals surface area contributed by atoms with E-state index in [1.54, 1.807) is 24.3 Å². The first kappa shape index (κ1) is 11.1. The molecule has 0 saturated carbocycles. The van der Waals surface area contributed by atoms with E-state index in [9.17, 15) is 9.90 Å². The number of phenolic OH excluding ortho intramolecular Hbond substituents is 1.